The van der Waals surface area contributed by atoms with Crippen molar-refractivity contribution in [1.29, 1.82) is 5.26 Å². The van der Waals surface area contributed by atoms with Crippen LogP contribution in [-0.2, 0) is 0 Å². The van der Waals surface area contributed by atoms with Gasteiger partial charge in [0.2, 0.25) is 0 Å². The van der Waals surface area contributed by atoms with Gasteiger partial charge in [-0.15, -0.1) is 0 Å². The van der Waals surface area contributed by atoms with Crippen LogP contribution < -0.4 is 9.47 Å². The third kappa shape index (κ3) is 3.66. The highest BCUT2D eigenvalue weighted by Gasteiger charge is 2.21. The average Bonchev–Trinajstić information content (AvgIpc) is 3.10. The summed E-state index contributed by atoms with van der Waals surface area (Å²) in [5.41, 5.74) is 0.782. The summed E-state index contributed by atoms with van der Waals surface area (Å²) in [7, 11) is 3.11. The number of rotatable bonds is 7. The molecule has 7 heteroatoms. The first-order valence-electron chi connectivity index (χ1n) is 7.49. The first-order valence-corrected chi connectivity index (χ1v) is 7.49. The number of nitrogens with zero attached hydrogens (tertiary/aromatic N) is 3. The number of nitriles is 1. The normalized spacial score (nSPS) is 10.1. The fraction of sp³-hybridized carbons (Fsp3) is 0.353. The summed E-state index contributed by atoms with van der Waals surface area (Å²) in [6.07, 6.45) is 0.752. The van der Waals surface area contributed by atoms with Gasteiger partial charge in [0, 0.05) is 12.6 Å². The molecular formula is C17H19N3O4. The van der Waals surface area contributed by atoms with E-state index in [1.165, 1.54) is 4.90 Å². The number of hydrogen-bond donors (Lipinski definition) is 0. The second-order valence-electron chi connectivity index (χ2n) is 5.03. The molecule has 0 fully saturated rings. The van der Waals surface area contributed by atoms with Crippen LogP contribution in [-0.4, -0.2) is 43.3 Å². The average molecular weight is 329 g/mol. The van der Waals surface area contributed by atoms with Gasteiger partial charge in [-0.05, 0) is 24.6 Å². The Morgan fingerprint density at radius 2 is 2.12 bits per heavy atom. The lowest BCUT2D eigenvalue weighted by atomic mass is 10.1. The number of carbonyl (C=O) groups is 1. The largest absolute Gasteiger partial charge is 0.497 e. The molecular weight excluding hydrogens is 310 g/mol. The van der Waals surface area contributed by atoms with Gasteiger partial charge < -0.3 is 18.9 Å². The molecule has 2 rings (SSSR count). The maximum atomic E-state index is 12.4. The maximum Gasteiger partial charge on any atom is 0.276 e. The molecule has 126 valence electrons. The standard InChI is InChI=1S/C17H19N3O4/c1-4-8-20(9-7-18)17(21)14-11-16(24-19-14)13-10-12(22-2)5-6-15(13)23-3/h5-6,10-11H,4,8-9H2,1-3H3. The number of methoxy groups -OCH3 is 2. The summed E-state index contributed by atoms with van der Waals surface area (Å²) in [5.74, 6) is 1.26. The first-order chi connectivity index (χ1) is 11.6. The molecule has 1 aromatic heterocycles. The molecule has 0 radical (unpaired) electrons. The van der Waals surface area contributed by atoms with E-state index >= 15 is 0 Å². The highest BCUT2D eigenvalue weighted by Crippen LogP contribution is 2.33. The van der Waals surface area contributed by atoms with E-state index < -0.39 is 0 Å². The topological polar surface area (TPSA) is 88.6 Å². The molecule has 7 nitrogen and oxygen atoms in total. The lowest BCUT2D eigenvalue weighted by Gasteiger charge is -2.16. The van der Waals surface area contributed by atoms with Crippen LogP contribution >= 0.6 is 0 Å². The van der Waals surface area contributed by atoms with Crippen molar-refractivity contribution in [3.05, 3.63) is 30.0 Å². The van der Waals surface area contributed by atoms with Crippen LogP contribution in [0.25, 0.3) is 11.3 Å². The van der Waals surface area contributed by atoms with Crippen molar-refractivity contribution in [3.63, 3.8) is 0 Å². The first kappa shape index (κ1) is 17.3. The number of benzene rings is 1. The van der Waals surface area contributed by atoms with Gasteiger partial charge in [0.05, 0.1) is 25.9 Å². The Hall–Kier alpha value is -3.01. The van der Waals surface area contributed by atoms with E-state index in [9.17, 15) is 4.79 Å². The number of ether oxygens (including phenoxy) is 2. The fourth-order valence-corrected chi connectivity index (χ4v) is 2.28. The summed E-state index contributed by atoms with van der Waals surface area (Å²) in [4.78, 5) is 13.9. The van der Waals surface area contributed by atoms with E-state index in [2.05, 4.69) is 5.16 Å². The van der Waals surface area contributed by atoms with Gasteiger partial charge in [-0.1, -0.05) is 12.1 Å². The van der Waals surface area contributed by atoms with Crippen molar-refractivity contribution in [2.24, 2.45) is 0 Å². The van der Waals surface area contributed by atoms with Gasteiger partial charge >= 0.3 is 0 Å². The second kappa shape index (κ2) is 8.02. The predicted octanol–water partition coefficient (Wildman–Crippen LogP) is 2.73. The molecule has 0 atom stereocenters. The van der Waals surface area contributed by atoms with E-state index in [0.717, 1.165) is 6.42 Å². The van der Waals surface area contributed by atoms with Gasteiger partial charge in [0.15, 0.2) is 11.5 Å². The van der Waals surface area contributed by atoms with Crippen LogP contribution in [0.4, 0.5) is 0 Å². The minimum atomic E-state index is -0.338. The Balaban J connectivity index is 2.34. The summed E-state index contributed by atoms with van der Waals surface area (Å²) in [5, 5.41) is 12.7. The molecule has 0 spiro atoms. The molecule has 1 amide bonds. The Labute approximate surface area is 140 Å². The third-order valence-corrected chi connectivity index (χ3v) is 3.44. The number of aromatic nitrogens is 1. The molecule has 0 bridgehead atoms. The zero-order valence-corrected chi connectivity index (χ0v) is 13.9. The van der Waals surface area contributed by atoms with Crippen LogP contribution in [0.5, 0.6) is 11.5 Å². The Morgan fingerprint density at radius 3 is 2.75 bits per heavy atom. The van der Waals surface area contributed by atoms with Crippen LogP contribution in [0, 0.1) is 11.3 Å². The summed E-state index contributed by atoms with van der Waals surface area (Å²) < 4.78 is 15.8. The van der Waals surface area contributed by atoms with Crippen molar-refractivity contribution in [3.8, 4) is 28.9 Å². The number of hydrogen-bond acceptors (Lipinski definition) is 6. The van der Waals surface area contributed by atoms with E-state index in [1.807, 2.05) is 13.0 Å². The fourth-order valence-electron chi connectivity index (χ4n) is 2.28. The van der Waals surface area contributed by atoms with Crippen LogP contribution in [0.15, 0.2) is 28.8 Å². The SMILES string of the molecule is CCCN(CC#N)C(=O)c1cc(-c2cc(OC)ccc2OC)on1. The molecule has 2 aromatic rings. The van der Waals surface area contributed by atoms with Gasteiger partial charge in [0.25, 0.3) is 5.91 Å². The molecule has 0 saturated heterocycles. The van der Waals surface area contributed by atoms with Crippen LogP contribution in [0.2, 0.25) is 0 Å². The third-order valence-electron chi connectivity index (χ3n) is 3.44. The maximum absolute atomic E-state index is 12.4. The van der Waals surface area contributed by atoms with Crippen molar-refractivity contribution in [2.45, 2.75) is 13.3 Å². The van der Waals surface area contributed by atoms with E-state index in [0.29, 0.717) is 29.4 Å². The highest BCUT2D eigenvalue weighted by molar-refractivity contribution is 5.93. The van der Waals surface area contributed by atoms with E-state index in [-0.39, 0.29) is 18.1 Å². The van der Waals surface area contributed by atoms with Crippen LogP contribution in [0.1, 0.15) is 23.8 Å². The Kier molecular flexibility index (Phi) is 5.79. The number of carbonyl (C=O) groups excluding carboxylic acids is 1. The Morgan fingerprint density at radius 1 is 1.33 bits per heavy atom. The summed E-state index contributed by atoms with van der Waals surface area (Å²) >= 11 is 0. The van der Waals surface area contributed by atoms with Gasteiger partial charge in [-0.3, -0.25) is 4.79 Å². The molecule has 0 saturated carbocycles. The molecule has 1 aromatic carbocycles. The summed E-state index contributed by atoms with van der Waals surface area (Å²) in [6, 6.07) is 8.78. The highest BCUT2D eigenvalue weighted by atomic mass is 16.5. The van der Waals surface area contributed by atoms with Crippen molar-refractivity contribution < 1.29 is 18.8 Å². The minimum Gasteiger partial charge on any atom is -0.497 e. The minimum absolute atomic E-state index is 0.0113. The van der Waals surface area contributed by atoms with Gasteiger partial charge in [-0.25, -0.2) is 0 Å². The van der Waals surface area contributed by atoms with Crippen LogP contribution in [0.3, 0.4) is 0 Å². The zero-order valence-electron chi connectivity index (χ0n) is 13.9. The predicted molar refractivity (Wildman–Crippen MR) is 86.9 cm³/mol. The van der Waals surface area contributed by atoms with Gasteiger partial charge in [-0.2, -0.15) is 5.26 Å². The van der Waals surface area contributed by atoms with E-state index in [1.54, 1.807) is 38.5 Å². The molecule has 0 aliphatic rings. The second-order valence-corrected chi connectivity index (χ2v) is 5.03. The van der Waals surface area contributed by atoms with Gasteiger partial charge in [0.1, 0.15) is 18.0 Å². The molecule has 24 heavy (non-hydrogen) atoms. The molecule has 0 unspecified atom stereocenters. The molecule has 0 N–H and O–H groups in total. The lowest BCUT2D eigenvalue weighted by Crippen LogP contribution is -2.32. The quantitative estimate of drug-likeness (QED) is 0.726. The lowest BCUT2D eigenvalue weighted by molar-refractivity contribution is 0.0766. The number of amides is 1. The molecule has 1 heterocycles. The van der Waals surface area contributed by atoms with Crippen molar-refractivity contribution in [1.82, 2.24) is 10.1 Å². The molecule has 0 aliphatic carbocycles. The summed E-state index contributed by atoms with van der Waals surface area (Å²) in [6.45, 7) is 2.43. The zero-order chi connectivity index (χ0) is 17.5. The monoisotopic (exact) mass is 329 g/mol. The van der Waals surface area contributed by atoms with Crippen molar-refractivity contribution >= 4 is 5.91 Å². The Bertz CT molecular complexity index is 749. The molecule has 0 aliphatic heterocycles. The van der Waals surface area contributed by atoms with E-state index in [4.69, 9.17) is 19.3 Å². The smallest absolute Gasteiger partial charge is 0.276 e. The van der Waals surface area contributed by atoms with Crippen molar-refractivity contribution in [2.75, 3.05) is 27.3 Å².